The number of imidazole rings is 1. The topological polar surface area (TPSA) is 38.0 Å². The van der Waals surface area contributed by atoms with Crippen molar-refractivity contribution in [2.75, 3.05) is 0 Å². The Labute approximate surface area is 149 Å². The molecule has 0 spiro atoms. The third kappa shape index (κ3) is 10.1. The van der Waals surface area contributed by atoms with Crippen molar-refractivity contribution in [3.63, 3.8) is 0 Å². The summed E-state index contributed by atoms with van der Waals surface area (Å²) in [5, 5.41) is 9.63. The van der Waals surface area contributed by atoms with Crippen LogP contribution < -0.4 is 0 Å². The first-order valence-electron chi connectivity index (χ1n) is 10.5. The molecule has 1 unspecified atom stereocenters. The molecule has 140 valence electrons. The zero-order valence-corrected chi connectivity index (χ0v) is 16.2. The van der Waals surface area contributed by atoms with Crippen molar-refractivity contribution >= 4 is 0 Å². The average Bonchev–Trinajstić information content (AvgIpc) is 3.04. The van der Waals surface area contributed by atoms with Gasteiger partial charge in [-0.15, -0.1) is 0 Å². The third-order valence-corrected chi connectivity index (χ3v) is 4.91. The maximum atomic E-state index is 9.63. The van der Waals surface area contributed by atoms with Crippen molar-refractivity contribution in [1.82, 2.24) is 9.55 Å². The summed E-state index contributed by atoms with van der Waals surface area (Å²) in [4.78, 5) is 4.34. The largest absolute Gasteiger partial charge is 0.374 e. The fraction of sp³-hybridized carbons (Fsp3) is 0.857. The van der Waals surface area contributed by atoms with Crippen LogP contribution in [-0.2, 0) is 6.42 Å². The maximum absolute atomic E-state index is 9.63. The number of aliphatic hydroxyl groups is 1. The van der Waals surface area contributed by atoms with Crippen molar-refractivity contribution < 1.29 is 5.11 Å². The van der Waals surface area contributed by atoms with Gasteiger partial charge in [-0.2, -0.15) is 0 Å². The van der Waals surface area contributed by atoms with Gasteiger partial charge < -0.3 is 9.67 Å². The molecule has 0 saturated carbocycles. The van der Waals surface area contributed by atoms with E-state index >= 15 is 0 Å². The summed E-state index contributed by atoms with van der Waals surface area (Å²) in [7, 11) is 0. The van der Waals surface area contributed by atoms with E-state index in [0.29, 0.717) is 0 Å². The van der Waals surface area contributed by atoms with E-state index in [1.807, 2.05) is 10.8 Å². The molecule has 0 saturated heterocycles. The van der Waals surface area contributed by atoms with Crippen LogP contribution in [0.2, 0.25) is 0 Å². The minimum absolute atomic E-state index is 0.464. The van der Waals surface area contributed by atoms with Gasteiger partial charge in [0.1, 0.15) is 12.1 Å². The number of aromatic nitrogens is 2. The molecule has 0 aliphatic carbocycles. The molecule has 1 rings (SSSR count). The van der Waals surface area contributed by atoms with Gasteiger partial charge in [0, 0.05) is 18.8 Å². The molecule has 0 radical (unpaired) electrons. The highest BCUT2D eigenvalue weighted by molar-refractivity contribution is 4.93. The summed E-state index contributed by atoms with van der Waals surface area (Å²) in [6, 6.07) is 0. The average molecular weight is 337 g/mol. The first-order valence-corrected chi connectivity index (χ1v) is 10.5. The van der Waals surface area contributed by atoms with Crippen LogP contribution in [0.1, 0.15) is 116 Å². The van der Waals surface area contributed by atoms with E-state index < -0.39 is 6.23 Å². The molecule has 1 aromatic rings. The highest BCUT2D eigenvalue weighted by atomic mass is 16.3. The van der Waals surface area contributed by atoms with Crippen LogP contribution in [-0.4, -0.2) is 14.7 Å². The highest BCUT2D eigenvalue weighted by Gasteiger charge is 2.06. The Hall–Kier alpha value is -0.830. The molecule has 0 fully saturated rings. The number of hydrogen-bond acceptors (Lipinski definition) is 2. The number of unbranched alkanes of at least 4 members (excludes halogenated alkanes) is 13. The number of rotatable bonds is 16. The van der Waals surface area contributed by atoms with Crippen LogP contribution >= 0.6 is 0 Å². The third-order valence-electron chi connectivity index (χ3n) is 4.91. The van der Waals surface area contributed by atoms with E-state index in [2.05, 4.69) is 11.9 Å². The molecule has 1 aromatic heterocycles. The van der Waals surface area contributed by atoms with Crippen LogP contribution in [0.5, 0.6) is 0 Å². The zero-order valence-electron chi connectivity index (χ0n) is 16.2. The predicted molar refractivity (Wildman–Crippen MR) is 103 cm³/mol. The predicted octanol–water partition coefficient (Wildman–Crippen LogP) is 6.42. The Morgan fingerprint density at radius 1 is 0.833 bits per heavy atom. The Bertz CT molecular complexity index is 387. The van der Waals surface area contributed by atoms with Gasteiger partial charge in [-0.3, -0.25) is 0 Å². The molecule has 0 aliphatic heterocycles. The summed E-state index contributed by atoms with van der Waals surface area (Å²) >= 11 is 0. The monoisotopic (exact) mass is 336 g/mol. The standard InChI is InChI=1S/C21H40N2O/c1-3-4-5-6-7-8-9-10-11-12-13-14-15-16-17-21-22-18-19-23(21)20(2)24/h18-20,24H,3-17H2,1-2H3. The molecule has 3 nitrogen and oxygen atoms in total. The molecule has 0 bridgehead atoms. The summed E-state index contributed by atoms with van der Waals surface area (Å²) in [5.41, 5.74) is 0. The molecular formula is C21H40N2O. The first kappa shape index (κ1) is 21.2. The van der Waals surface area contributed by atoms with Gasteiger partial charge in [-0.1, -0.05) is 90.4 Å². The lowest BCUT2D eigenvalue weighted by Gasteiger charge is -2.10. The molecule has 3 heteroatoms. The highest BCUT2D eigenvalue weighted by Crippen LogP contribution is 2.14. The number of aliphatic hydroxyl groups excluding tert-OH is 1. The van der Waals surface area contributed by atoms with Gasteiger partial charge in [0.15, 0.2) is 0 Å². The number of hydrogen-bond donors (Lipinski definition) is 1. The smallest absolute Gasteiger partial charge is 0.129 e. The van der Waals surface area contributed by atoms with Crippen molar-refractivity contribution in [1.29, 1.82) is 0 Å². The lowest BCUT2D eigenvalue weighted by molar-refractivity contribution is 0.121. The van der Waals surface area contributed by atoms with E-state index in [9.17, 15) is 5.11 Å². The first-order chi connectivity index (χ1) is 11.8. The van der Waals surface area contributed by atoms with Crippen molar-refractivity contribution in [3.05, 3.63) is 18.2 Å². The lowest BCUT2D eigenvalue weighted by Crippen LogP contribution is -2.07. The molecule has 0 aromatic carbocycles. The van der Waals surface area contributed by atoms with Gasteiger partial charge >= 0.3 is 0 Å². The van der Waals surface area contributed by atoms with Crippen LogP contribution in [0.15, 0.2) is 12.4 Å². The lowest BCUT2D eigenvalue weighted by atomic mass is 10.0. The molecular weight excluding hydrogens is 296 g/mol. The van der Waals surface area contributed by atoms with E-state index in [1.165, 1.54) is 89.9 Å². The zero-order chi connectivity index (χ0) is 17.5. The number of nitrogens with zero attached hydrogens (tertiary/aromatic N) is 2. The molecule has 0 aliphatic rings. The van der Waals surface area contributed by atoms with Gasteiger partial charge in [0.25, 0.3) is 0 Å². The second-order valence-corrected chi connectivity index (χ2v) is 7.23. The van der Waals surface area contributed by atoms with Gasteiger partial charge in [-0.25, -0.2) is 4.98 Å². The normalized spacial score (nSPS) is 12.6. The fourth-order valence-electron chi connectivity index (χ4n) is 3.36. The second-order valence-electron chi connectivity index (χ2n) is 7.23. The van der Waals surface area contributed by atoms with Crippen LogP contribution in [0.25, 0.3) is 0 Å². The van der Waals surface area contributed by atoms with E-state index in [4.69, 9.17) is 0 Å². The van der Waals surface area contributed by atoms with E-state index in [-0.39, 0.29) is 0 Å². The number of aryl methyl sites for hydroxylation is 1. The Kier molecular flexibility index (Phi) is 12.8. The molecule has 1 N–H and O–H groups in total. The van der Waals surface area contributed by atoms with Gasteiger partial charge in [0.2, 0.25) is 0 Å². The molecule has 24 heavy (non-hydrogen) atoms. The van der Waals surface area contributed by atoms with Crippen molar-refractivity contribution in [3.8, 4) is 0 Å². The fourth-order valence-corrected chi connectivity index (χ4v) is 3.36. The summed E-state index contributed by atoms with van der Waals surface area (Å²) in [6.07, 6.45) is 23.6. The summed E-state index contributed by atoms with van der Waals surface area (Å²) in [5.74, 6) is 1.02. The Morgan fingerprint density at radius 2 is 1.29 bits per heavy atom. The summed E-state index contributed by atoms with van der Waals surface area (Å²) in [6.45, 7) is 4.07. The van der Waals surface area contributed by atoms with Crippen LogP contribution in [0.4, 0.5) is 0 Å². The Morgan fingerprint density at radius 3 is 1.75 bits per heavy atom. The maximum Gasteiger partial charge on any atom is 0.129 e. The molecule has 1 atom stereocenters. The van der Waals surface area contributed by atoms with Gasteiger partial charge in [0.05, 0.1) is 0 Å². The SMILES string of the molecule is CCCCCCCCCCCCCCCCc1nccn1C(C)O. The van der Waals surface area contributed by atoms with Crippen LogP contribution in [0.3, 0.4) is 0 Å². The Balaban J connectivity index is 1.83. The molecule has 0 amide bonds. The van der Waals surface area contributed by atoms with Crippen LogP contribution in [0, 0.1) is 0 Å². The van der Waals surface area contributed by atoms with Crippen molar-refractivity contribution in [2.24, 2.45) is 0 Å². The van der Waals surface area contributed by atoms with Crippen molar-refractivity contribution in [2.45, 2.75) is 116 Å². The minimum Gasteiger partial charge on any atom is -0.374 e. The summed E-state index contributed by atoms with van der Waals surface area (Å²) < 4.78 is 1.86. The molecule has 1 heterocycles. The van der Waals surface area contributed by atoms with Gasteiger partial charge in [-0.05, 0) is 13.3 Å². The van der Waals surface area contributed by atoms with E-state index in [1.54, 1.807) is 13.1 Å². The van der Waals surface area contributed by atoms with E-state index in [0.717, 1.165) is 12.2 Å². The quantitative estimate of drug-likeness (QED) is 0.354. The second kappa shape index (κ2) is 14.5. The minimum atomic E-state index is -0.464.